The van der Waals surface area contributed by atoms with Crippen LogP contribution in [0.4, 0.5) is 11.4 Å². The summed E-state index contributed by atoms with van der Waals surface area (Å²) in [7, 11) is -3.70. The average Bonchev–Trinajstić information content (AvgIpc) is 2.57. The van der Waals surface area contributed by atoms with Gasteiger partial charge in [0.05, 0.1) is 22.0 Å². The highest BCUT2D eigenvalue weighted by molar-refractivity contribution is 7.92. The Kier molecular flexibility index (Phi) is 6.78. The highest BCUT2D eigenvalue weighted by Gasteiger charge is 2.32. The number of hydrogen-bond acceptors (Lipinski definition) is 3. The summed E-state index contributed by atoms with van der Waals surface area (Å²) in [6, 6.07) is 9.31. The third-order valence-corrected chi connectivity index (χ3v) is 6.02. The van der Waals surface area contributed by atoms with E-state index < -0.39 is 22.0 Å². The first-order valence-corrected chi connectivity index (χ1v) is 11.0. The molecule has 0 aliphatic heterocycles. The van der Waals surface area contributed by atoms with Gasteiger partial charge in [0.25, 0.3) is 0 Å². The number of sulfonamides is 1. The summed E-state index contributed by atoms with van der Waals surface area (Å²) in [6.07, 6.45) is 1.40. The van der Waals surface area contributed by atoms with E-state index in [0.717, 1.165) is 17.4 Å². The van der Waals surface area contributed by atoms with Gasteiger partial charge in [-0.3, -0.25) is 9.10 Å². The lowest BCUT2D eigenvalue weighted by Crippen LogP contribution is -2.47. The number of aryl methyl sites for hydroxylation is 2. The summed E-state index contributed by atoms with van der Waals surface area (Å²) in [5.74, 6) is -0.442. The van der Waals surface area contributed by atoms with E-state index in [0.29, 0.717) is 27.8 Å². The van der Waals surface area contributed by atoms with Crippen LogP contribution in [0.1, 0.15) is 24.5 Å². The third-order valence-electron chi connectivity index (χ3n) is 4.12. The topological polar surface area (TPSA) is 66.5 Å². The van der Waals surface area contributed by atoms with Crippen molar-refractivity contribution >= 4 is 50.5 Å². The molecule has 146 valence electrons. The molecule has 2 aromatic rings. The SMILES string of the molecule is CC[C@H](C(=O)Nc1ccc(Cl)c(Cl)c1)N(c1cc(C)ccc1C)S(C)(=O)=O. The van der Waals surface area contributed by atoms with E-state index in [1.807, 2.05) is 26.0 Å². The molecule has 0 aliphatic carbocycles. The largest absolute Gasteiger partial charge is 0.324 e. The van der Waals surface area contributed by atoms with E-state index in [-0.39, 0.29) is 0 Å². The minimum Gasteiger partial charge on any atom is -0.324 e. The number of nitrogens with one attached hydrogen (secondary N) is 1. The van der Waals surface area contributed by atoms with Crippen LogP contribution in [0.5, 0.6) is 0 Å². The molecule has 1 N–H and O–H groups in total. The van der Waals surface area contributed by atoms with Gasteiger partial charge in [-0.25, -0.2) is 8.42 Å². The van der Waals surface area contributed by atoms with Gasteiger partial charge in [-0.05, 0) is 55.7 Å². The van der Waals surface area contributed by atoms with Crippen LogP contribution >= 0.6 is 23.2 Å². The molecule has 0 aromatic heterocycles. The fraction of sp³-hybridized carbons (Fsp3) is 0.316. The number of benzene rings is 2. The number of halogens is 2. The maximum absolute atomic E-state index is 12.9. The van der Waals surface area contributed by atoms with E-state index in [9.17, 15) is 13.2 Å². The Hall–Kier alpha value is -1.76. The number of amides is 1. The molecule has 0 saturated heterocycles. The van der Waals surface area contributed by atoms with Crippen LogP contribution in [0.15, 0.2) is 36.4 Å². The zero-order valence-corrected chi connectivity index (χ0v) is 17.9. The Morgan fingerprint density at radius 1 is 1.11 bits per heavy atom. The summed E-state index contributed by atoms with van der Waals surface area (Å²) in [6.45, 7) is 5.46. The molecule has 0 saturated carbocycles. The molecule has 1 atom stereocenters. The van der Waals surface area contributed by atoms with Crippen molar-refractivity contribution < 1.29 is 13.2 Å². The molecule has 0 unspecified atom stereocenters. The van der Waals surface area contributed by atoms with Gasteiger partial charge in [0.1, 0.15) is 6.04 Å². The number of nitrogens with zero attached hydrogens (tertiary/aromatic N) is 1. The first kappa shape index (κ1) is 21.5. The van der Waals surface area contributed by atoms with Crippen molar-refractivity contribution in [2.24, 2.45) is 0 Å². The predicted molar refractivity (Wildman–Crippen MR) is 112 cm³/mol. The molecule has 0 bridgehead atoms. The maximum Gasteiger partial charge on any atom is 0.248 e. The molecular weight excluding hydrogens is 407 g/mol. The number of anilines is 2. The van der Waals surface area contributed by atoms with Gasteiger partial charge >= 0.3 is 0 Å². The number of carbonyl (C=O) groups is 1. The molecule has 8 heteroatoms. The van der Waals surface area contributed by atoms with Gasteiger partial charge in [-0.1, -0.05) is 42.3 Å². The van der Waals surface area contributed by atoms with E-state index in [1.165, 1.54) is 10.4 Å². The maximum atomic E-state index is 12.9. The minimum absolute atomic E-state index is 0.299. The quantitative estimate of drug-likeness (QED) is 0.718. The smallest absolute Gasteiger partial charge is 0.248 e. The second-order valence-electron chi connectivity index (χ2n) is 6.39. The van der Waals surface area contributed by atoms with Crippen LogP contribution in [0.2, 0.25) is 10.0 Å². The third kappa shape index (κ3) is 5.15. The molecule has 0 radical (unpaired) electrons. The van der Waals surface area contributed by atoms with Crippen LogP contribution in [-0.4, -0.2) is 26.6 Å². The van der Waals surface area contributed by atoms with Crippen molar-refractivity contribution in [2.75, 3.05) is 15.9 Å². The van der Waals surface area contributed by atoms with Gasteiger partial charge in [0.15, 0.2) is 0 Å². The summed E-state index contributed by atoms with van der Waals surface area (Å²) in [4.78, 5) is 12.9. The number of hydrogen-bond donors (Lipinski definition) is 1. The van der Waals surface area contributed by atoms with Crippen molar-refractivity contribution in [3.05, 3.63) is 57.6 Å². The van der Waals surface area contributed by atoms with Crippen molar-refractivity contribution in [1.82, 2.24) is 0 Å². The van der Waals surface area contributed by atoms with E-state index in [4.69, 9.17) is 23.2 Å². The average molecular weight is 429 g/mol. The van der Waals surface area contributed by atoms with Gasteiger partial charge in [-0.2, -0.15) is 0 Å². The fourth-order valence-electron chi connectivity index (χ4n) is 2.79. The molecular formula is C19H22Cl2N2O3S. The van der Waals surface area contributed by atoms with Crippen LogP contribution in [0.25, 0.3) is 0 Å². The summed E-state index contributed by atoms with van der Waals surface area (Å²) in [5, 5.41) is 3.40. The molecule has 0 fully saturated rings. The minimum atomic E-state index is -3.70. The standard InChI is InChI=1S/C19H22Cl2N2O3S/c1-5-17(19(24)22-14-8-9-15(20)16(21)11-14)23(27(4,25)26)18-10-12(2)6-7-13(18)3/h6-11,17H,5H2,1-4H3,(H,22,24)/t17-/m1/s1. The van der Waals surface area contributed by atoms with E-state index >= 15 is 0 Å². The Morgan fingerprint density at radius 2 is 1.78 bits per heavy atom. The first-order chi connectivity index (χ1) is 12.5. The number of rotatable bonds is 6. The summed E-state index contributed by atoms with van der Waals surface area (Å²) >= 11 is 11.9. The second kappa shape index (κ2) is 8.50. The highest BCUT2D eigenvalue weighted by Crippen LogP contribution is 2.29. The lowest BCUT2D eigenvalue weighted by Gasteiger charge is -2.31. The van der Waals surface area contributed by atoms with Gasteiger partial charge in [-0.15, -0.1) is 0 Å². The van der Waals surface area contributed by atoms with Gasteiger partial charge < -0.3 is 5.32 Å². The molecule has 0 aliphatic rings. The van der Waals surface area contributed by atoms with E-state index in [2.05, 4.69) is 5.32 Å². The van der Waals surface area contributed by atoms with Crippen LogP contribution in [-0.2, 0) is 14.8 Å². The monoisotopic (exact) mass is 428 g/mol. The molecule has 2 aromatic carbocycles. The molecule has 2 rings (SSSR count). The first-order valence-electron chi connectivity index (χ1n) is 8.37. The molecule has 0 spiro atoms. The Morgan fingerprint density at radius 3 is 2.33 bits per heavy atom. The normalized spacial score (nSPS) is 12.5. The summed E-state index contributed by atoms with van der Waals surface area (Å²) in [5.41, 5.74) is 2.62. The zero-order valence-electron chi connectivity index (χ0n) is 15.6. The molecule has 27 heavy (non-hydrogen) atoms. The van der Waals surface area contributed by atoms with Gasteiger partial charge in [0.2, 0.25) is 15.9 Å². The Labute approximate surface area is 170 Å². The molecule has 5 nitrogen and oxygen atoms in total. The van der Waals surface area contributed by atoms with E-state index in [1.54, 1.807) is 25.1 Å². The van der Waals surface area contributed by atoms with Crippen molar-refractivity contribution in [1.29, 1.82) is 0 Å². The van der Waals surface area contributed by atoms with Crippen LogP contribution < -0.4 is 9.62 Å². The Bertz CT molecular complexity index is 961. The van der Waals surface area contributed by atoms with Crippen molar-refractivity contribution in [2.45, 2.75) is 33.2 Å². The lowest BCUT2D eigenvalue weighted by atomic mass is 10.1. The Balaban J connectivity index is 2.44. The molecule has 1 amide bonds. The zero-order chi connectivity index (χ0) is 20.4. The van der Waals surface area contributed by atoms with Gasteiger partial charge in [0, 0.05) is 5.69 Å². The lowest BCUT2D eigenvalue weighted by molar-refractivity contribution is -0.117. The summed E-state index contributed by atoms with van der Waals surface area (Å²) < 4.78 is 26.3. The van der Waals surface area contributed by atoms with Crippen molar-refractivity contribution in [3.8, 4) is 0 Å². The highest BCUT2D eigenvalue weighted by atomic mass is 35.5. The van der Waals surface area contributed by atoms with Crippen molar-refractivity contribution in [3.63, 3.8) is 0 Å². The molecule has 0 heterocycles. The van der Waals surface area contributed by atoms with Crippen LogP contribution in [0.3, 0.4) is 0 Å². The second-order valence-corrected chi connectivity index (χ2v) is 9.06. The van der Waals surface area contributed by atoms with Crippen LogP contribution in [0, 0.1) is 13.8 Å². The number of carbonyl (C=O) groups excluding carboxylic acids is 1. The predicted octanol–water partition coefficient (Wildman–Crippen LogP) is 4.79. The fourth-order valence-corrected chi connectivity index (χ4v) is 4.35.